The van der Waals surface area contributed by atoms with E-state index in [0.29, 0.717) is 0 Å². The molecule has 0 radical (unpaired) electrons. The molecule has 0 saturated carbocycles. The quantitative estimate of drug-likeness (QED) is 0.735. The molecule has 0 aliphatic heterocycles. The van der Waals surface area contributed by atoms with Crippen molar-refractivity contribution in [2.75, 3.05) is 0 Å². The van der Waals surface area contributed by atoms with Crippen molar-refractivity contribution >= 4 is 10.9 Å². The van der Waals surface area contributed by atoms with Crippen LogP contribution in [-0.4, -0.2) is 9.67 Å². The molecule has 1 heterocycles. The predicted octanol–water partition coefficient (Wildman–Crippen LogP) is 4.47. The number of para-hydroxylation sites is 1. The Bertz CT molecular complexity index is 806. The Morgan fingerprint density at radius 3 is 2.38 bits per heavy atom. The van der Waals surface area contributed by atoms with Crippen LogP contribution < -0.4 is 0 Å². The smallest absolute Gasteiger partial charge is 0.0861 e. The molecule has 0 aliphatic rings. The average molecular weight is 279 g/mol. The van der Waals surface area contributed by atoms with Crippen molar-refractivity contribution in [1.82, 2.24) is 4.57 Å². The second-order valence-electron chi connectivity index (χ2n) is 6.28. The lowest BCUT2D eigenvalue weighted by molar-refractivity contribution is 0.0801. The molecular weight excluding hydrogens is 258 g/mol. The molecule has 0 unspecified atom stereocenters. The average Bonchev–Trinajstić information content (AvgIpc) is 2.77. The van der Waals surface area contributed by atoms with Crippen LogP contribution in [-0.2, 0) is 5.60 Å². The van der Waals surface area contributed by atoms with Crippen molar-refractivity contribution in [1.29, 1.82) is 0 Å². The Morgan fingerprint density at radius 1 is 1.00 bits per heavy atom. The molecule has 0 saturated heterocycles. The molecule has 1 N–H and O–H groups in total. The Morgan fingerprint density at radius 2 is 1.71 bits per heavy atom. The minimum absolute atomic E-state index is 0.861. The van der Waals surface area contributed by atoms with E-state index in [-0.39, 0.29) is 0 Å². The molecule has 2 aromatic carbocycles. The van der Waals surface area contributed by atoms with Gasteiger partial charge in [-0.3, -0.25) is 0 Å². The number of fused-ring (bicyclic) bond motifs is 1. The number of hydrogen-bond acceptors (Lipinski definition) is 1. The summed E-state index contributed by atoms with van der Waals surface area (Å²) in [5.74, 6) is 0. The first kappa shape index (κ1) is 13.9. The van der Waals surface area contributed by atoms with Crippen LogP contribution in [0.3, 0.4) is 0 Å². The highest BCUT2D eigenvalue weighted by Crippen LogP contribution is 2.33. The molecule has 0 atom stereocenters. The topological polar surface area (TPSA) is 25.2 Å². The summed E-state index contributed by atoms with van der Waals surface area (Å²) >= 11 is 0. The van der Waals surface area contributed by atoms with E-state index in [1.54, 1.807) is 0 Å². The van der Waals surface area contributed by atoms with E-state index in [4.69, 9.17) is 0 Å². The van der Waals surface area contributed by atoms with Crippen LogP contribution in [0.2, 0.25) is 0 Å². The van der Waals surface area contributed by atoms with Crippen molar-refractivity contribution in [2.24, 2.45) is 0 Å². The number of aryl methyl sites for hydroxylation is 2. The molecule has 21 heavy (non-hydrogen) atoms. The number of aliphatic hydroxyl groups is 1. The first-order chi connectivity index (χ1) is 9.88. The van der Waals surface area contributed by atoms with E-state index >= 15 is 0 Å². The lowest BCUT2D eigenvalue weighted by Crippen LogP contribution is -2.14. The van der Waals surface area contributed by atoms with Gasteiger partial charge in [0.25, 0.3) is 0 Å². The van der Waals surface area contributed by atoms with Gasteiger partial charge in [-0.15, -0.1) is 0 Å². The third-order valence-electron chi connectivity index (χ3n) is 3.99. The number of aromatic nitrogens is 1. The van der Waals surface area contributed by atoms with Crippen LogP contribution in [0, 0.1) is 13.8 Å². The molecule has 1 aromatic heterocycles. The van der Waals surface area contributed by atoms with Crippen LogP contribution in [0.1, 0.15) is 30.5 Å². The molecule has 0 amide bonds. The van der Waals surface area contributed by atoms with Gasteiger partial charge in [0.1, 0.15) is 0 Å². The highest BCUT2D eigenvalue weighted by molar-refractivity contribution is 5.87. The minimum atomic E-state index is -0.861. The highest BCUT2D eigenvalue weighted by atomic mass is 16.3. The first-order valence-corrected chi connectivity index (χ1v) is 7.28. The summed E-state index contributed by atoms with van der Waals surface area (Å²) in [6.45, 7) is 7.87. The Balaban J connectivity index is 2.38. The summed E-state index contributed by atoms with van der Waals surface area (Å²) in [6.07, 6.45) is 2.06. The maximum atomic E-state index is 10.5. The van der Waals surface area contributed by atoms with Gasteiger partial charge < -0.3 is 9.67 Å². The van der Waals surface area contributed by atoms with E-state index < -0.39 is 5.60 Å². The fourth-order valence-electron chi connectivity index (χ4n) is 2.86. The van der Waals surface area contributed by atoms with Gasteiger partial charge in [0.15, 0.2) is 0 Å². The van der Waals surface area contributed by atoms with Gasteiger partial charge in [-0.1, -0.05) is 29.8 Å². The van der Waals surface area contributed by atoms with E-state index in [2.05, 4.69) is 54.9 Å². The lowest BCUT2D eigenvalue weighted by atomic mass is 9.97. The van der Waals surface area contributed by atoms with Crippen LogP contribution in [0.25, 0.3) is 16.6 Å². The van der Waals surface area contributed by atoms with Crippen molar-refractivity contribution in [3.63, 3.8) is 0 Å². The molecule has 0 spiro atoms. The maximum absolute atomic E-state index is 10.5. The Kier molecular flexibility index (Phi) is 3.14. The van der Waals surface area contributed by atoms with Crippen molar-refractivity contribution in [3.05, 3.63) is 65.4 Å². The van der Waals surface area contributed by atoms with Gasteiger partial charge in [0, 0.05) is 22.8 Å². The molecule has 2 nitrogen and oxygen atoms in total. The number of hydrogen-bond donors (Lipinski definition) is 1. The summed E-state index contributed by atoms with van der Waals surface area (Å²) in [7, 11) is 0. The predicted molar refractivity (Wildman–Crippen MR) is 88.0 cm³/mol. The van der Waals surface area contributed by atoms with Gasteiger partial charge >= 0.3 is 0 Å². The number of nitrogens with zero attached hydrogens (tertiary/aromatic N) is 1. The van der Waals surface area contributed by atoms with Gasteiger partial charge in [-0.05, 0) is 51.5 Å². The van der Waals surface area contributed by atoms with Gasteiger partial charge in [-0.2, -0.15) is 0 Å². The molecule has 3 aromatic rings. The summed E-state index contributed by atoms with van der Waals surface area (Å²) in [5, 5.41) is 11.6. The second kappa shape index (κ2) is 4.74. The maximum Gasteiger partial charge on any atom is 0.0861 e. The molecule has 2 heteroatoms. The Labute approximate surface area is 125 Å². The van der Waals surface area contributed by atoms with Gasteiger partial charge in [0.2, 0.25) is 0 Å². The van der Waals surface area contributed by atoms with E-state index in [1.165, 1.54) is 11.1 Å². The summed E-state index contributed by atoms with van der Waals surface area (Å²) in [5.41, 5.74) is 4.81. The fraction of sp³-hybridized carbons (Fsp3) is 0.263. The number of rotatable bonds is 2. The van der Waals surface area contributed by atoms with Crippen LogP contribution >= 0.6 is 0 Å². The van der Waals surface area contributed by atoms with E-state index in [9.17, 15) is 5.11 Å². The third kappa shape index (κ3) is 2.36. The largest absolute Gasteiger partial charge is 0.386 e. The Hall–Kier alpha value is -2.06. The zero-order valence-corrected chi connectivity index (χ0v) is 13.0. The first-order valence-electron chi connectivity index (χ1n) is 7.28. The summed E-state index contributed by atoms with van der Waals surface area (Å²) in [4.78, 5) is 0. The summed E-state index contributed by atoms with van der Waals surface area (Å²) in [6, 6.07) is 14.7. The third-order valence-corrected chi connectivity index (χ3v) is 3.99. The molecule has 0 fully saturated rings. The van der Waals surface area contributed by atoms with Crippen LogP contribution in [0.5, 0.6) is 0 Å². The SMILES string of the molecule is Cc1ccc2c(c1)c(C(C)(C)O)cn2-c1ccccc1C. The molecule has 0 bridgehead atoms. The van der Waals surface area contributed by atoms with Gasteiger partial charge in [-0.25, -0.2) is 0 Å². The van der Waals surface area contributed by atoms with E-state index in [1.807, 2.05) is 26.0 Å². The van der Waals surface area contributed by atoms with Crippen molar-refractivity contribution < 1.29 is 5.11 Å². The highest BCUT2D eigenvalue weighted by Gasteiger charge is 2.22. The summed E-state index contributed by atoms with van der Waals surface area (Å²) < 4.78 is 2.18. The van der Waals surface area contributed by atoms with Gasteiger partial charge in [0.05, 0.1) is 11.1 Å². The van der Waals surface area contributed by atoms with Crippen molar-refractivity contribution in [2.45, 2.75) is 33.3 Å². The van der Waals surface area contributed by atoms with Crippen LogP contribution in [0.15, 0.2) is 48.7 Å². The zero-order chi connectivity index (χ0) is 15.2. The molecular formula is C19H21NO. The zero-order valence-electron chi connectivity index (χ0n) is 13.0. The standard InChI is InChI=1S/C19H21NO/c1-13-9-10-18-15(11-13)16(19(3,4)21)12-20(18)17-8-6-5-7-14(17)2/h5-12,21H,1-4H3. The molecule has 3 rings (SSSR count). The fourth-order valence-corrected chi connectivity index (χ4v) is 2.86. The van der Waals surface area contributed by atoms with E-state index in [0.717, 1.165) is 22.2 Å². The molecule has 108 valence electrons. The lowest BCUT2D eigenvalue weighted by Gasteiger charge is -2.16. The minimum Gasteiger partial charge on any atom is -0.386 e. The second-order valence-corrected chi connectivity index (χ2v) is 6.28. The van der Waals surface area contributed by atoms with Crippen LogP contribution in [0.4, 0.5) is 0 Å². The number of benzene rings is 2. The normalized spacial score (nSPS) is 12.0. The molecule has 0 aliphatic carbocycles. The van der Waals surface area contributed by atoms with Crippen molar-refractivity contribution in [3.8, 4) is 5.69 Å². The monoisotopic (exact) mass is 279 g/mol.